The predicted octanol–water partition coefficient (Wildman–Crippen LogP) is 6.17. The molecule has 4 aromatic rings. The molecule has 198 valence electrons. The van der Waals surface area contributed by atoms with Crippen LogP contribution in [0.2, 0.25) is 5.02 Å². The van der Waals surface area contributed by atoms with Gasteiger partial charge < -0.3 is 0 Å². The van der Waals surface area contributed by atoms with E-state index in [1.165, 1.54) is 11.3 Å². The van der Waals surface area contributed by atoms with Crippen LogP contribution in [0.3, 0.4) is 0 Å². The Kier molecular flexibility index (Phi) is 7.50. The molecule has 3 aromatic carbocycles. The first-order valence-corrected chi connectivity index (χ1v) is 14.6. The predicted molar refractivity (Wildman–Crippen MR) is 145 cm³/mol. The molecule has 1 saturated heterocycles. The third-order valence-electron chi connectivity index (χ3n) is 6.68. The second kappa shape index (κ2) is 10.7. The smallest absolute Gasteiger partial charge is 0.246 e. The number of nitrogens with zero attached hydrogens (tertiary/aromatic N) is 3. The van der Waals surface area contributed by atoms with Crippen LogP contribution in [0.1, 0.15) is 24.0 Å². The summed E-state index contributed by atoms with van der Waals surface area (Å²) in [6, 6.07) is 15.6. The molecular formula is C27H24ClF2N3O3S2. The van der Waals surface area contributed by atoms with Crippen molar-refractivity contribution >= 4 is 54.2 Å². The van der Waals surface area contributed by atoms with Crippen molar-refractivity contribution in [2.45, 2.75) is 31.2 Å². The molecule has 2 heterocycles. The van der Waals surface area contributed by atoms with E-state index < -0.39 is 32.5 Å². The summed E-state index contributed by atoms with van der Waals surface area (Å²) in [5, 5.41) is 1.08. The summed E-state index contributed by atoms with van der Waals surface area (Å²) in [5.41, 5.74) is 2.60. The molecule has 0 saturated carbocycles. The van der Waals surface area contributed by atoms with E-state index >= 15 is 0 Å². The number of thiazole rings is 1. The van der Waals surface area contributed by atoms with Crippen molar-refractivity contribution in [1.82, 2.24) is 9.29 Å². The summed E-state index contributed by atoms with van der Waals surface area (Å²) in [5.74, 6) is -2.48. The Morgan fingerprint density at radius 3 is 2.50 bits per heavy atom. The van der Waals surface area contributed by atoms with Crippen molar-refractivity contribution in [3.63, 3.8) is 0 Å². The van der Waals surface area contributed by atoms with Gasteiger partial charge in [-0.05, 0) is 55.2 Å². The molecule has 6 nitrogen and oxygen atoms in total. The van der Waals surface area contributed by atoms with Gasteiger partial charge in [0.25, 0.3) is 0 Å². The molecule has 0 aliphatic carbocycles. The molecule has 0 bridgehead atoms. The zero-order valence-electron chi connectivity index (χ0n) is 20.4. The Hall–Kier alpha value is -2.92. The lowest BCUT2D eigenvalue weighted by Gasteiger charge is -2.33. The molecule has 1 aliphatic heterocycles. The molecule has 11 heteroatoms. The molecule has 1 aromatic heterocycles. The van der Waals surface area contributed by atoms with Crippen LogP contribution in [0.4, 0.5) is 13.9 Å². The average molecular weight is 576 g/mol. The first-order chi connectivity index (χ1) is 18.1. The van der Waals surface area contributed by atoms with Crippen molar-refractivity contribution in [2.24, 2.45) is 5.92 Å². The van der Waals surface area contributed by atoms with Crippen molar-refractivity contribution in [3.8, 4) is 0 Å². The average Bonchev–Trinajstić information content (AvgIpc) is 3.38. The fourth-order valence-electron chi connectivity index (χ4n) is 4.59. The number of halogens is 3. The number of piperidine rings is 1. The van der Waals surface area contributed by atoms with Gasteiger partial charge in [0.1, 0.15) is 16.5 Å². The summed E-state index contributed by atoms with van der Waals surface area (Å²) in [6.07, 6.45) is 0.482. The van der Waals surface area contributed by atoms with E-state index in [0.717, 1.165) is 37.8 Å². The zero-order chi connectivity index (χ0) is 27.0. The first-order valence-electron chi connectivity index (χ1n) is 12.0. The lowest BCUT2D eigenvalue weighted by molar-refractivity contribution is -0.123. The Labute approximate surface area is 228 Å². The summed E-state index contributed by atoms with van der Waals surface area (Å²) in [6.45, 7) is 2.25. The number of aromatic nitrogens is 1. The summed E-state index contributed by atoms with van der Waals surface area (Å²) < 4.78 is 55.8. The van der Waals surface area contributed by atoms with Gasteiger partial charge in [-0.25, -0.2) is 22.2 Å². The monoisotopic (exact) mass is 575 g/mol. The van der Waals surface area contributed by atoms with Gasteiger partial charge in [-0.1, -0.05) is 59.3 Å². The van der Waals surface area contributed by atoms with Crippen LogP contribution < -0.4 is 4.90 Å². The highest BCUT2D eigenvalue weighted by atomic mass is 35.5. The molecule has 0 radical (unpaired) electrons. The van der Waals surface area contributed by atoms with Gasteiger partial charge >= 0.3 is 0 Å². The summed E-state index contributed by atoms with van der Waals surface area (Å²) in [7, 11) is -4.24. The number of carbonyl (C=O) groups excluding carboxylic acids is 1. The fourth-order valence-corrected chi connectivity index (χ4v) is 7.46. The molecule has 38 heavy (non-hydrogen) atoms. The van der Waals surface area contributed by atoms with Crippen LogP contribution in [0.25, 0.3) is 10.2 Å². The van der Waals surface area contributed by atoms with Crippen LogP contribution in [0.15, 0.2) is 65.6 Å². The molecule has 0 N–H and O–H groups in total. The number of hydrogen-bond donors (Lipinski definition) is 0. The van der Waals surface area contributed by atoms with Gasteiger partial charge in [0.2, 0.25) is 15.9 Å². The van der Waals surface area contributed by atoms with Gasteiger partial charge in [-0.2, -0.15) is 4.31 Å². The van der Waals surface area contributed by atoms with Gasteiger partial charge in [-0.3, -0.25) is 9.69 Å². The maximum Gasteiger partial charge on any atom is 0.246 e. The number of amides is 1. The van der Waals surface area contributed by atoms with Gasteiger partial charge in [0.15, 0.2) is 5.13 Å². The number of benzene rings is 3. The Balaban J connectivity index is 1.40. The van der Waals surface area contributed by atoms with E-state index in [2.05, 4.69) is 0 Å². The number of carbonyl (C=O) groups is 1. The minimum absolute atomic E-state index is 0.0126. The molecule has 1 fully saturated rings. The van der Waals surface area contributed by atoms with E-state index in [1.54, 1.807) is 4.90 Å². The third-order valence-corrected chi connectivity index (χ3v) is 10.1. The van der Waals surface area contributed by atoms with E-state index in [1.807, 2.05) is 49.4 Å². The second-order valence-corrected chi connectivity index (χ2v) is 12.5. The lowest BCUT2D eigenvalue weighted by atomic mass is 9.96. The number of hydrogen-bond acceptors (Lipinski definition) is 5. The fraction of sp³-hybridized carbons (Fsp3) is 0.259. The van der Waals surface area contributed by atoms with Gasteiger partial charge in [-0.15, -0.1) is 0 Å². The first kappa shape index (κ1) is 26.7. The van der Waals surface area contributed by atoms with Crippen LogP contribution in [0.5, 0.6) is 0 Å². The summed E-state index contributed by atoms with van der Waals surface area (Å²) in [4.78, 5) is 19.5. The molecular weight excluding hydrogens is 552 g/mol. The van der Waals surface area contributed by atoms with E-state index in [4.69, 9.17) is 16.6 Å². The van der Waals surface area contributed by atoms with E-state index in [-0.39, 0.29) is 31.8 Å². The highest BCUT2D eigenvalue weighted by Gasteiger charge is 2.36. The SMILES string of the molecule is Cc1ccc(Cl)c2sc(N(Cc3ccccc3)C(=O)C3CCN(S(=O)(=O)c4cc(F)ccc4F)CC3)nc12. The van der Waals surface area contributed by atoms with Crippen molar-refractivity contribution in [1.29, 1.82) is 0 Å². The highest BCUT2D eigenvalue weighted by molar-refractivity contribution is 7.89. The number of aryl methyl sites for hydroxylation is 1. The van der Waals surface area contributed by atoms with Crippen LogP contribution >= 0.6 is 22.9 Å². The molecule has 1 amide bonds. The molecule has 0 atom stereocenters. The van der Waals surface area contributed by atoms with E-state index in [9.17, 15) is 22.0 Å². The number of sulfonamides is 1. The Morgan fingerprint density at radius 1 is 1.11 bits per heavy atom. The maximum atomic E-state index is 14.2. The number of rotatable bonds is 6. The molecule has 5 rings (SSSR count). The van der Waals surface area contributed by atoms with Crippen LogP contribution in [-0.2, 0) is 21.4 Å². The number of anilines is 1. The van der Waals surface area contributed by atoms with Gasteiger partial charge in [0.05, 0.1) is 21.8 Å². The van der Waals surface area contributed by atoms with Crippen molar-refractivity contribution in [2.75, 3.05) is 18.0 Å². The van der Waals surface area contributed by atoms with E-state index in [0.29, 0.717) is 22.8 Å². The lowest BCUT2D eigenvalue weighted by Crippen LogP contribution is -2.44. The molecule has 0 spiro atoms. The normalized spacial score (nSPS) is 15.2. The second-order valence-electron chi connectivity index (χ2n) is 9.20. The highest BCUT2D eigenvalue weighted by Crippen LogP contribution is 2.37. The minimum atomic E-state index is -4.24. The molecule has 0 unspecified atom stereocenters. The van der Waals surface area contributed by atoms with Crippen LogP contribution in [0, 0.1) is 24.5 Å². The standard InChI is InChI=1S/C27H24ClF2N3O3S2/c1-17-7-9-21(28)25-24(17)31-27(37-25)33(16-18-5-3-2-4-6-18)26(34)19-11-13-32(14-12-19)38(35,36)23-15-20(29)8-10-22(23)30/h2-10,15,19H,11-14,16H2,1H3. The topological polar surface area (TPSA) is 70.6 Å². The Morgan fingerprint density at radius 2 is 1.82 bits per heavy atom. The summed E-state index contributed by atoms with van der Waals surface area (Å²) >= 11 is 7.76. The van der Waals surface area contributed by atoms with Crippen molar-refractivity contribution < 1.29 is 22.0 Å². The zero-order valence-corrected chi connectivity index (χ0v) is 22.8. The maximum absolute atomic E-state index is 14.2. The van der Waals surface area contributed by atoms with Gasteiger partial charge in [0, 0.05) is 19.0 Å². The number of fused-ring (bicyclic) bond motifs is 1. The Bertz CT molecular complexity index is 1570. The van der Waals surface area contributed by atoms with Crippen molar-refractivity contribution in [3.05, 3.63) is 88.4 Å². The largest absolute Gasteiger partial charge is 0.283 e. The minimum Gasteiger partial charge on any atom is -0.283 e. The quantitative estimate of drug-likeness (QED) is 0.276. The molecule has 1 aliphatic rings. The van der Waals surface area contributed by atoms with Crippen LogP contribution in [-0.4, -0.2) is 36.7 Å². The third kappa shape index (κ3) is 5.18.